The average Bonchev–Trinajstić information content (AvgIpc) is 2.98. The minimum Gasteiger partial charge on any atom is -0.496 e. The molecule has 1 aromatic rings. The van der Waals surface area contributed by atoms with Crippen LogP contribution in [-0.4, -0.2) is 43.6 Å². The summed E-state index contributed by atoms with van der Waals surface area (Å²) >= 11 is 6.03. The van der Waals surface area contributed by atoms with Gasteiger partial charge in [-0.25, -0.2) is 0 Å². The van der Waals surface area contributed by atoms with Gasteiger partial charge in [0, 0.05) is 29.7 Å². The number of benzene rings is 1. The van der Waals surface area contributed by atoms with Gasteiger partial charge in [0.1, 0.15) is 5.75 Å². The lowest BCUT2D eigenvalue weighted by molar-refractivity contribution is -0.132. The Kier molecular flexibility index (Phi) is 5.88. The van der Waals surface area contributed by atoms with Crippen LogP contribution in [0.25, 0.3) is 0 Å². The Bertz CT molecular complexity index is 487. The quantitative estimate of drug-likeness (QED) is 0.878. The lowest BCUT2D eigenvalue weighted by Crippen LogP contribution is -2.42. The zero-order valence-corrected chi connectivity index (χ0v) is 13.4. The van der Waals surface area contributed by atoms with Crippen LogP contribution < -0.4 is 10.1 Å². The summed E-state index contributed by atoms with van der Waals surface area (Å²) in [5.41, 5.74) is 0.849. The Hall–Kier alpha value is -1.26. The standard InChI is InChI=1S/C16H23ClN2O2/c1-3-8-19(14-6-7-18-11-14)16(20)10-12-9-13(17)4-5-15(12)21-2/h4-5,9,14,18H,3,6-8,10-11H2,1-2H3. The van der Waals surface area contributed by atoms with Crippen molar-refractivity contribution in [3.05, 3.63) is 28.8 Å². The summed E-state index contributed by atoms with van der Waals surface area (Å²) in [5.74, 6) is 0.861. The molecule has 1 aliphatic rings. The van der Waals surface area contributed by atoms with Crippen molar-refractivity contribution in [3.63, 3.8) is 0 Å². The molecule has 1 aromatic carbocycles. The van der Waals surface area contributed by atoms with Crippen LogP contribution in [0.2, 0.25) is 5.02 Å². The fourth-order valence-electron chi connectivity index (χ4n) is 2.81. The van der Waals surface area contributed by atoms with Gasteiger partial charge in [0.25, 0.3) is 0 Å². The number of carbonyl (C=O) groups excluding carboxylic acids is 1. The summed E-state index contributed by atoms with van der Waals surface area (Å²) < 4.78 is 5.32. The summed E-state index contributed by atoms with van der Waals surface area (Å²) in [6, 6.07) is 5.71. The molecule has 0 radical (unpaired) electrons. The molecule has 2 rings (SSSR count). The molecule has 1 aliphatic heterocycles. The Morgan fingerprint density at radius 3 is 2.95 bits per heavy atom. The van der Waals surface area contributed by atoms with Gasteiger partial charge in [0.2, 0.25) is 5.91 Å². The molecule has 0 bridgehead atoms. The molecule has 5 heteroatoms. The molecule has 0 saturated carbocycles. The first kappa shape index (κ1) is 16.1. The van der Waals surface area contributed by atoms with Gasteiger partial charge in [-0.05, 0) is 37.6 Å². The molecular formula is C16H23ClN2O2. The second-order valence-electron chi connectivity index (χ2n) is 5.37. The van der Waals surface area contributed by atoms with Crippen molar-refractivity contribution in [3.8, 4) is 5.75 Å². The number of hydrogen-bond donors (Lipinski definition) is 1. The first-order valence-corrected chi connectivity index (χ1v) is 7.86. The average molecular weight is 311 g/mol. The van der Waals surface area contributed by atoms with E-state index in [4.69, 9.17) is 16.3 Å². The highest BCUT2D eigenvalue weighted by atomic mass is 35.5. The molecule has 0 aliphatic carbocycles. The smallest absolute Gasteiger partial charge is 0.227 e. The molecule has 1 N–H and O–H groups in total. The van der Waals surface area contributed by atoms with E-state index >= 15 is 0 Å². The van der Waals surface area contributed by atoms with Crippen LogP contribution >= 0.6 is 11.6 Å². The van der Waals surface area contributed by atoms with Crippen molar-refractivity contribution in [1.29, 1.82) is 0 Å². The Morgan fingerprint density at radius 2 is 2.33 bits per heavy atom. The Labute approximate surface area is 131 Å². The van der Waals surface area contributed by atoms with Crippen LogP contribution in [0.1, 0.15) is 25.3 Å². The number of nitrogens with zero attached hydrogens (tertiary/aromatic N) is 1. The third-order valence-electron chi connectivity index (χ3n) is 3.84. The largest absolute Gasteiger partial charge is 0.496 e. The number of hydrogen-bond acceptors (Lipinski definition) is 3. The molecule has 116 valence electrons. The van der Waals surface area contributed by atoms with E-state index in [1.54, 1.807) is 13.2 Å². The number of nitrogens with one attached hydrogen (secondary N) is 1. The molecular weight excluding hydrogens is 288 g/mol. The van der Waals surface area contributed by atoms with Crippen molar-refractivity contribution in [2.75, 3.05) is 26.7 Å². The monoisotopic (exact) mass is 310 g/mol. The summed E-state index contributed by atoms with van der Waals surface area (Å²) in [6.45, 7) is 4.77. The highest BCUT2D eigenvalue weighted by Crippen LogP contribution is 2.24. The van der Waals surface area contributed by atoms with E-state index in [1.807, 2.05) is 17.0 Å². The molecule has 21 heavy (non-hydrogen) atoms. The number of amides is 1. The third-order valence-corrected chi connectivity index (χ3v) is 4.08. The topological polar surface area (TPSA) is 41.6 Å². The number of ether oxygens (including phenoxy) is 1. The third kappa shape index (κ3) is 4.11. The minimum absolute atomic E-state index is 0.145. The van der Waals surface area contributed by atoms with Crippen molar-refractivity contribution in [1.82, 2.24) is 10.2 Å². The zero-order valence-electron chi connectivity index (χ0n) is 12.7. The molecule has 1 heterocycles. The summed E-state index contributed by atoms with van der Waals surface area (Å²) in [4.78, 5) is 14.7. The van der Waals surface area contributed by atoms with Crippen LogP contribution in [0.3, 0.4) is 0 Å². The molecule has 0 spiro atoms. The lowest BCUT2D eigenvalue weighted by Gasteiger charge is -2.28. The molecule has 0 aromatic heterocycles. The first-order chi connectivity index (χ1) is 10.2. The molecule has 4 nitrogen and oxygen atoms in total. The van der Waals surface area contributed by atoms with Crippen molar-refractivity contribution < 1.29 is 9.53 Å². The maximum atomic E-state index is 12.7. The highest BCUT2D eigenvalue weighted by molar-refractivity contribution is 6.30. The van der Waals surface area contributed by atoms with E-state index in [0.29, 0.717) is 23.2 Å². The number of methoxy groups -OCH3 is 1. The van der Waals surface area contributed by atoms with Gasteiger partial charge in [0.15, 0.2) is 0 Å². The molecule has 1 amide bonds. The van der Waals surface area contributed by atoms with Gasteiger partial charge < -0.3 is 15.0 Å². The second kappa shape index (κ2) is 7.66. The predicted octanol–water partition coefficient (Wildman–Crippen LogP) is 2.49. The molecule has 1 saturated heterocycles. The van der Waals surface area contributed by atoms with Gasteiger partial charge >= 0.3 is 0 Å². The van der Waals surface area contributed by atoms with Gasteiger partial charge in [-0.15, -0.1) is 0 Å². The summed E-state index contributed by atoms with van der Waals surface area (Å²) in [5, 5.41) is 3.95. The van der Waals surface area contributed by atoms with Crippen LogP contribution in [-0.2, 0) is 11.2 Å². The van der Waals surface area contributed by atoms with Crippen molar-refractivity contribution in [2.24, 2.45) is 0 Å². The normalized spacial score (nSPS) is 17.8. The van der Waals surface area contributed by atoms with E-state index in [-0.39, 0.29) is 5.91 Å². The second-order valence-corrected chi connectivity index (χ2v) is 5.80. The summed E-state index contributed by atoms with van der Waals surface area (Å²) in [6.07, 6.45) is 2.33. The highest BCUT2D eigenvalue weighted by Gasteiger charge is 2.26. The van der Waals surface area contributed by atoms with E-state index < -0.39 is 0 Å². The fourth-order valence-corrected chi connectivity index (χ4v) is 3.00. The SMILES string of the molecule is CCCN(C(=O)Cc1cc(Cl)ccc1OC)C1CCNC1. The van der Waals surface area contributed by atoms with Gasteiger partial charge in [-0.2, -0.15) is 0 Å². The van der Waals surface area contributed by atoms with Gasteiger partial charge in [-0.3, -0.25) is 4.79 Å². The van der Waals surface area contributed by atoms with Crippen LogP contribution in [0.4, 0.5) is 0 Å². The number of rotatable bonds is 6. The minimum atomic E-state index is 0.145. The van der Waals surface area contributed by atoms with Crippen LogP contribution in [0.15, 0.2) is 18.2 Å². The maximum Gasteiger partial charge on any atom is 0.227 e. The van der Waals surface area contributed by atoms with Crippen LogP contribution in [0.5, 0.6) is 5.75 Å². The Morgan fingerprint density at radius 1 is 1.52 bits per heavy atom. The zero-order chi connectivity index (χ0) is 15.2. The summed E-state index contributed by atoms with van der Waals surface area (Å²) in [7, 11) is 1.61. The molecule has 1 fully saturated rings. The van der Waals surface area contributed by atoms with Crippen LogP contribution in [0, 0.1) is 0 Å². The van der Waals surface area contributed by atoms with Gasteiger partial charge in [-0.1, -0.05) is 18.5 Å². The van der Waals surface area contributed by atoms with Crippen molar-refractivity contribution >= 4 is 17.5 Å². The van der Waals surface area contributed by atoms with E-state index in [0.717, 1.165) is 38.0 Å². The van der Waals surface area contributed by atoms with Gasteiger partial charge in [0.05, 0.1) is 13.5 Å². The predicted molar refractivity (Wildman–Crippen MR) is 85.0 cm³/mol. The number of halogens is 1. The van der Waals surface area contributed by atoms with E-state index in [1.165, 1.54) is 0 Å². The first-order valence-electron chi connectivity index (χ1n) is 7.48. The molecule has 1 unspecified atom stereocenters. The molecule has 1 atom stereocenters. The van der Waals surface area contributed by atoms with E-state index in [2.05, 4.69) is 12.2 Å². The van der Waals surface area contributed by atoms with Crippen molar-refractivity contribution in [2.45, 2.75) is 32.2 Å². The Balaban J connectivity index is 2.12. The lowest BCUT2D eigenvalue weighted by atomic mass is 10.1. The fraction of sp³-hybridized carbons (Fsp3) is 0.562. The number of carbonyl (C=O) groups is 1. The maximum absolute atomic E-state index is 12.7. The van der Waals surface area contributed by atoms with E-state index in [9.17, 15) is 4.79 Å².